The number of rotatable bonds is 6. The molecule has 2 rings (SSSR count). The average molecular weight is 346 g/mol. The number of hydrogen-bond acceptors (Lipinski definition) is 3. The lowest BCUT2D eigenvalue weighted by Gasteiger charge is -2.28. The molecule has 1 aromatic carbocycles. The number of alkyl halides is 3. The van der Waals surface area contributed by atoms with E-state index in [-0.39, 0.29) is 11.7 Å². The van der Waals surface area contributed by atoms with Crippen LogP contribution in [0.1, 0.15) is 61.4 Å². The lowest BCUT2D eigenvalue weighted by atomic mass is 9.98. The quantitative estimate of drug-likeness (QED) is 0.747. The Bertz CT molecular complexity index is 565. The monoisotopic (exact) mass is 346 g/mol. The standard InChI is InChI=1S/C17H21F3O4/c1-2-15(23-12-6-4-3-5-7-12)24-14-10-11(16(21)22)8-9-13(14)17(18,19)20/h8-10,12,15H,2-7H2,1H3,(H,21,22). The molecular formula is C17H21F3O4. The molecule has 0 aromatic heterocycles. The number of carbonyl (C=O) groups is 1. The van der Waals surface area contributed by atoms with Crippen LogP contribution in [0.4, 0.5) is 13.2 Å². The van der Waals surface area contributed by atoms with Crippen molar-refractivity contribution in [3.63, 3.8) is 0 Å². The minimum atomic E-state index is -4.63. The minimum absolute atomic E-state index is 0.0271. The third-order valence-corrected chi connectivity index (χ3v) is 4.02. The van der Waals surface area contributed by atoms with Gasteiger partial charge in [-0.05, 0) is 31.0 Å². The fraction of sp³-hybridized carbons (Fsp3) is 0.588. The van der Waals surface area contributed by atoms with Gasteiger partial charge in [0.05, 0.1) is 17.2 Å². The van der Waals surface area contributed by atoms with Crippen LogP contribution < -0.4 is 4.74 Å². The van der Waals surface area contributed by atoms with Gasteiger partial charge in [-0.2, -0.15) is 13.2 Å². The zero-order valence-electron chi connectivity index (χ0n) is 13.4. The third kappa shape index (κ3) is 4.87. The molecule has 7 heteroatoms. The summed E-state index contributed by atoms with van der Waals surface area (Å²) in [5.74, 6) is -1.82. The Morgan fingerprint density at radius 3 is 2.50 bits per heavy atom. The largest absolute Gasteiger partial charge is 0.478 e. The normalized spacial score (nSPS) is 17.5. The highest BCUT2D eigenvalue weighted by Gasteiger charge is 2.35. The van der Waals surface area contributed by atoms with Crippen LogP contribution >= 0.6 is 0 Å². The summed E-state index contributed by atoms with van der Waals surface area (Å²) in [5, 5.41) is 8.99. The molecule has 1 unspecified atom stereocenters. The zero-order valence-corrected chi connectivity index (χ0v) is 13.4. The number of carboxylic acids is 1. The molecule has 0 bridgehead atoms. The molecule has 1 saturated carbocycles. The lowest BCUT2D eigenvalue weighted by molar-refractivity contribution is -0.149. The van der Waals surface area contributed by atoms with Gasteiger partial charge < -0.3 is 14.6 Å². The van der Waals surface area contributed by atoms with Gasteiger partial charge in [0.15, 0.2) is 6.29 Å². The van der Waals surface area contributed by atoms with Crippen LogP contribution in [-0.4, -0.2) is 23.5 Å². The number of ether oxygens (including phenoxy) is 2. The van der Waals surface area contributed by atoms with Crippen LogP contribution in [0.5, 0.6) is 5.75 Å². The first-order valence-electron chi connectivity index (χ1n) is 8.08. The van der Waals surface area contributed by atoms with E-state index in [1.807, 2.05) is 0 Å². The van der Waals surface area contributed by atoms with Crippen LogP contribution in [0.15, 0.2) is 18.2 Å². The van der Waals surface area contributed by atoms with Crippen LogP contribution in [0, 0.1) is 0 Å². The van der Waals surface area contributed by atoms with Crippen LogP contribution in [-0.2, 0) is 10.9 Å². The van der Waals surface area contributed by atoms with E-state index >= 15 is 0 Å². The molecule has 24 heavy (non-hydrogen) atoms. The van der Waals surface area contributed by atoms with E-state index in [1.54, 1.807) is 6.92 Å². The fourth-order valence-corrected chi connectivity index (χ4v) is 2.75. The number of benzene rings is 1. The van der Waals surface area contributed by atoms with Gasteiger partial charge in [0.25, 0.3) is 0 Å². The Labute approximate surface area is 138 Å². The van der Waals surface area contributed by atoms with E-state index in [4.69, 9.17) is 14.6 Å². The topological polar surface area (TPSA) is 55.8 Å². The predicted molar refractivity (Wildman–Crippen MR) is 81.1 cm³/mol. The molecule has 1 fully saturated rings. The smallest absolute Gasteiger partial charge is 0.419 e. The molecule has 0 heterocycles. The number of hydrogen-bond donors (Lipinski definition) is 1. The molecular weight excluding hydrogens is 325 g/mol. The van der Waals surface area contributed by atoms with Crippen LogP contribution in [0.2, 0.25) is 0 Å². The van der Waals surface area contributed by atoms with Crippen molar-refractivity contribution in [3.8, 4) is 5.75 Å². The highest BCUT2D eigenvalue weighted by atomic mass is 19.4. The van der Waals surface area contributed by atoms with Gasteiger partial charge in [0, 0.05) is 6.42 Å². The maximum absolute atomic E-state index is 13.1. The molecule has 1 atom stereocenters. The van der Waals surface area contributed by atoms with Crippen molar-refractivity contribution < 1.29 is 32.5 Å². The highest BCUT2D eigenvalue weighted by molar-refractivity contribution is 5.88. The summed E-state index contributed by atoms with van der Waals surface area (Å²) in [4.78, 5) is 11.0. The summed E-state index contributed by atoms with van der Waals surface area (Å²) in [5.41, 5.74) is -1.26. The van der Waals surface area contributed by atoms with Gasteiger partial charge in [-0.3, -0.25) is 0 Å². The molecule has 1 aliphatic carbocycles. The van der Waals surface area contributed by atoms with Gasteiger partial charge >= 0.3 is 12.1 Å². The SMILES string of the molecule is CCC(Oc1cc(C(=O)O)ccc1C(F)(F)F)OC1CCCCC1. The van der Waals surface area contributed by atoms with Crippen molar-refractivity contribution in [3.05, 3.63) is 29.3 Å². The maximum atomic E-state index is 13.1. The minimum Gasteiger partial charge on any atom is -0.478 e. The molecule has 0 spiro atoms. The second-order valence-electron chi connectivity index (χ2n) is 5.87. The van der Waals surface area contributed by atoms with E-state index in [1.165, 1.54) is 0 Å². The Kier molecular flexibility index (Phi) is 6.10. The number of carboxylic acid groups (broad SMARTS) is 1. The average Bonchev–Trinajstić information content (AvgIpc) is 2.54. The lowest BCUT2D eigenvalue weighted by Crippen LogP contribution is -2.29. The molecule has 1 N–H and O–H groups in total. The fourth-order valence-electron chi connectivity index (χ4n) is 2.75. The first-order chi connectivity index (χ1) is 11.3. The number of halogens is 3. The summed E-state index contributed by atoms with van der Waals surface area (Å²) in [6.07, 6.45) is -0.203. The van der Waals surface area contributed by atoms with Gasteiger partial charge in [-0.1, -0.05) is 26.2 Å². The Hall–Kier alpha value is -1.76. The molecule has 1 aromatic rings. The van der Waals surface area contributed by atoms with Gasteiger partial charge in [-0.15, -0.1) is 0 Å². The van der Waals surface area contributed by atoms with Gasteiger partial charge in [0.1, 0.15) is 5.75 Å². The first-order valence-corrected chi connectivity index (χ1v) is 8.08. The summed E-state index contributed by atoms with van der Waals surface area (Å²) >= 11 is 0. The third-order valence-electron chi connectivity index (χ3n) is 4.02. The van der Waals surface area contributed by atoms with Crippen molar-refractivity contribution in [1.29, 1.82) is 0 Å². The summed E-state index contributed by atoms with van der Waals surface area (Å²) in [6.45, 7) is 1.75. The van der Waals surface area contributed by atoms with Crippen molar-refractivity contribution >= 4 is 5.97 Å². The second kappa shape index (κ2) is 7.88. The highest BCUT2D eigenvalue weighted by Crippen LogP contribution is 2.37. The zero-order chi connectivity index (χ0) is 17.7. The van der Waals surface area contributed by atoms with Gasteiger partial charge in [-0.25, -0.2) is 4.79 Å². The van der Waals surface area contributed by atoms with E-state index in [9.17, 15) is 18.0 Å². The van der Waals surface area contributed by atoms with E-state index in [0.717, 1.165) is 50.3 Å². The molecule has 0 aliphatic heterocycles. The molecule has 1 aliphatic rings. The van der Waals surface area contributed by atoms with Crippen LogP contribution in [0.3, 0.4) is 0 Å². The Morgan fingerprint density at radius 2 is 1.96 bits per heavy atom. The van der Waals surface area contributed by atoms with Crippen molar-refractivity contribution in [2.24, 2.45) is 0 Å². The molecule has 0 amide bonds. The van der Waals surface area contributed by atoms with E-state index in [0.29, 0.717) is 6.42 Å². The summed E-state index contributed by atoms with van der Waals surface area (Å²) < 4.78 is 50.6. The van der Waals surface area contributed by atoms with Crippen molar-refractivity contribution in [2.45, 2.75) is 64.0 Å². The molecule has 0 radical (unpaired) electrons. The van der Waals surface area contributed by atoms with Crippen molar-refractivity contribution in [2.75, 3.05) is 0 Å². The molecule has 0 saturated heterocycles. The second-order valence-corrected chi connectivity index (χ2v) is 5.87. The van der Waals surface area contributed by atoms with E-state index in [2.05, 4.69) is 0 Å². The first kappa shape index (κ1) is 18.6. The number of aromatic carboxylic acids is 1. The Balaban J connectivity index is 2.20. The van der Waals surface area contributed by atoms with Gasteiger partial charge in [0.2, 0.25) is 0 Å². The molecule has 4 nitrogen and oxygen atoms in total. The maximum Gasteiger partial charge on any atom is 0.419 e. The van der Waals surface area contributed by atoms with Crippen LogP contribution in [0.25, 0.3) is 0 Å². The summed E-state index contributed by atoms with van der Waals surface area (Å²) in [6, 6.07) is 2.55. The molecule has 134 valence electrons. The van der Waals surface area contributed by atoms with E-state index < -0.39 is 29.7 Å². The Morgan fingerprint density at radius 1 is 1.29 bits per heavy atom. The summed E-state index contributed by atoms with van der Waals surface area (Å²) in [7, 11) is 0. The van der Waals surface area contributed by atoms with Crippen molar-refractivity contribution in [1.82, 2.24) is 0 Å². The predicted octanol–water partition coefficient (Wildman–Crippen LogP) is 4.87.